The van der Waals surface area contributed by atoms with Crippen LogP contribution < -0.4 is 21.1 Å². The second-order valence-corrected chi connectivity index (χ2v) is 5.99. The van der Waals surface area contributed by atoms with Crippen molar-refractivity contribution in [2.45, 2.75) is 32.6 Å². The minimum Gasteiger partial charge on any atom is -0.482 e. The third kappa shape index (κ3) is 2.53. The molecule has 112 valence electrons. The van der Waals surface area contributed by atoms with Gasteiger partial charge >= 0.3 is 0 Å². The number of hydrogen-bond acceptors (Lipinski definition) is 4. The normalized spacial score (nSPS) is 19.4. The molecule has 0 aromatic heterocycles. The number of amides is 2. The highest BCUT2D eigenvalue weighted by molar-refractivity contribution is 6.01. The largest absolute Gasteiger partial charge is 0.482 e. The summed E-state index contributed by atoms with van der Waals surface area (Å²) in [6.07, 6.45) is 3.94. The maximum atomic E-state index is 12.4. The van der Waals surface area contributed by atoms with Crippen LogP contribution in [0.5, 0.6) is 5.75 Å². The second kappa shape index (κ2) is 4.95. The molecule has 1 aliphatic heterocycles. The molecule has 1 saturated carbocycles. The van der Waals surface area contributed by atoms with Crippen LogP contribution in [-0.2, 0) is 9.59 Å². The molecule has 2 aliphatic rings. The standard InChI is InChI=1S/C15H19N3O3/c1-15(4-2-3-5-15)14(20)18-10-7-11-12(6-9(10)16)21-8-13(19)17-11/h6-7H,2-5,8,16H2,1H3,(H,17,19)(H,18,20). The highest BCUT2D eigenvalue weighted by Crippen LogP contribution is 2.40. The fourth-order valence-electron chi connectivity index (χ4n) is 2.91. The quantitative estimate of drug-likeness (QED) is 0.727. The molecule has 2 amide bonds. The predicted octanol–water partition coefficient (Wildman–Crippen LogP) is 2.12. The van der Waals surface area contributed by atoms with E-state index in [2.05, 4.69) is 10.6 Å². The van der Waals surface area contributed by atoms with Crippen LogP contribution in [0.1, 0.15) is 32.6 Å². The molecule has 1 heterocycles. The van der Waals surface area contributed by atoms with E-state index in [1.54, 1.807) is 12.1 Å². The average molecular weight is 289 g/mol. The van der Waals surface area contributed by atoms with E-state index in [0.29, 0.717) is 22.8 Å². The number of nitrogens with two attached hydrogens (primary N) is 1. The van der Waals surface area contributed by atoms with Gasteiger partial charge in [0, 0.05) is 11.5 Å². The van der Waals surface area contributed by atoms with E-state index in [1.165, 1.54) is 0 Å². The zero-order valence-electron chi connectivity index (χ0n) is 12.0. The number of ether oxygens (including phenoxy) is 1. The van der Waals surface area contributed by atoms with Crippen molar-refractivity contribution in [3.63, 3.8) is 0 Å². The van der Waals surface area contributed by atoms with Crippen molar-refractivity contribution < 1.29 is 14.3 Å². The van der Waals surface area contributed by atoms with Crippen LogP contribution in [0, 0.1) is 5.41 Å². The summed E-state index contributed by atoms with van der Waals surface area (Å²) in [5.74, 6) is 0.291. The van der Waals surface area contributed by atoms with Gasteiger partial charge in [-0.25, -0.2) is 0 Å². The molecule has 0 atom stereocenters. The van der Waals surface area contributed by atoms with Gasteiger partial charge in [0.25, 0.3) is 5.91 Å². The molecular weight excluding hydrogens is 270 g/mol. The van der Waals surface area contributed by atoms with E-state index in [9.17, 15) is 9.59 Å². The van der Waals surface area contributed by atoms with Gasteiger partial charge in [-0.15, -0.1) is 0 Å². The smallest absolute Gasteiger partial charge is 0.262 e. The van der Waals surface area contributed by atoms with Gasteiger partial charge in [0.1, 0.15) is 5.75 Å². The molecule has 1 fully saturated rings. The highest BCUT2D eigenvalue weighted by Gasteiger charge is 2.36. The Morgan fingerprint density at radius 2 is 2.10 bits per heavy atom. The summed E-state index contributed by atoms with van der Waals surface area (Å²) in [6, 6.07) is 3.28. The van der Waals surface area contributed by atoms with E-state index in [1.807, 2.05) is 6.92 Å². The highest BCUT2D eigenvalue weighted by atomic mass is 16.5. The van der Waals surface area contributed by atoms with Crippen molar-refractivity contribution in [3.8, 4) is 5.75 Å². The molecule has 1 aliphatic carbocycles. The number of fused-ring (bicyclic) bond motifs is 1. The van der Waals surface area contributed by atoms with Gasteiger partial charge in [-0.05, 0) is 18.9 Å². The third-order valence-corrected chi connectivity index (χ3v) is 4.29. The monoisotopic (exact) mass is 289 g/mol. The first-order valence-electron chi connectivity index (χ1n) is 7.16. The lowest BCUT2D eigenvalue weighted by molar-refractivity contribution is -0.124. The number of carbonyl (C=O) groups is 2. The fourth-order valence-corrected chi connectivity index (χ4v) is 2.91. The van der Waals surface area contributed by atoms with Crippen LogP contribution in [-0.4, -0.2) is 18.4 Å². The molecule has 0 unspecified atom stereocenters. The maximum absolute atomic E-state index is 12.4. The van der Waals surface area contributed by atoms with E-state index in [0.717, 1.165) is 25.7 Å². The lowest BCUT2D eigenvalue weighted by Gasteiger charge is -2.24. The van der Waals surface area contributed by atoms with Gasteiger partial charge in [-0.3, -0.25) is 9.59 Å². The van der Waals surface area contributed by atoms with Crippen LogP contribution in [0.25, 0.3) is 0 Å². The number of nitrogens with one attached hydrogen (secondary N) is 2. The summed E-state index contributed by atoms with van der Waals surface area (Å²) in [5, 5.41) is 5.60. The van der Waals surface area contributed by atoms with E-state index >= 15 is 0 Å². The predicted molar refractivity (Wildman–Crippen MR) is 80.2 cm³/mol. The van der Waals surface area contributed by atoms with Gasteiger partial charge in [-0.1, -0.05) is 19.8 Å². The minimum atomic E-state index is -0.331. The molecule has 1 aromatic rings. The Labute approximate surface area is 123 Å². The van der Waals surface area contributed by atoms with E-state index < -0.39 is 0 Å². The summed E-state index contributed by atoms with van der Waals surface area (Å²) in [5.41, 5.74) is 7.11. The SMILES string of the molecule is CC1(C(=O)Nc2cc3c(cc2N)OCC(=O)N3)CCCC1. The van der Waals surface area contributed by atoms with Gasteiger partial charge in [-0.2, -0.15) is 0 Å². The Kier molecular flexibility index (Phi) is 3.23. The first-order valence-corrected chi connectivity index (χ1v) is 7.16. The van der Waals surface area contributed by atoms with Gasteiger partial charge in [0.15, 0.2) is 6.61 Å². The lowest BCUT2D eigenvalue weighted by Crippen LogP contribution is -2.31. The van der Waals surface area contributed by atoms with Crippen molar-refractivity contribution in [2.24, 2.45) is 5.41 Å². The lowest BCUT2D eigenvalue weighted by atomic mass is 9.88. The number of nitrogen functional groups attached to an aromatic ring is 1. The number of hydrogen-bond donors (Lipinski definition) is 3. The Morgan fingerprint density at radius 1 is 1.38 bits per heavy atom. The first kappa shape index (κ1) is 13.7. The summed E-state index contributed by atoms with van der Waals surface area (Å²) in [7, 11) is 0. The minimum absolute atomic E-state index is 0.0176. The van der Waals surface area contributed by atoms with E-state index in [4.69, 9.17) is 10.5 Å². The molecule has 0 saturated heterocycles. The Hall–Kier alpha value is -2.24. The molecule has 4 N–H and O–H groups in total. The number of anilines is 3. The van der Waals surface area contributed by atoms with Gasteiger partial charge < -0.3 is 21.1 Å². The van der Waals surface area contributed by atoms with Crippen molar-refractivity contribution in [3.05, 3.63) is 12.1 Å². The molecule has 0 radical (unpaired) electrons. The molecule has 3 rings (SSSR count). The molecule has 0 spiro atoms. The molecule has 0 bridgehead atoms. The molecule has 6 nitrogen and oxygen atoms in total. The van der Waals surface area contributed by atoms with Crippen LogP contribution in [0.2, 0.25) is 0 Å². The maximum Gasteiger partial charge on any atom is 0.262 e. The number of benzene rings is 1. The first-order chi connectivity index (χ1) is 9.98. The summed E-state index contributed by atoms with van der Waals surface area (Å²) >= 11 is 0. The van der Waals surface area contributed by atoms with E-state index in [-0.39, 0.29) is 23.8 Å². The number of rotatable bonds is 2. The Balaban J connectivity index is 1.84. The van der Waals surface area contributed by atoms with Gasteiger partial charge in [0.05, 0.1) is 17.1 Å². The second-order valence-electron chi connectivity index (χ2n) is 5.99. The Bertz CT molecular complexity index is 606. The van der Waals surface area contributed by atoms with Crippen LogP contribution in [0.15, 0.2) is 12.1 Å². The van der Waals surface area contributed by atoms with Crippen molar-refractivity contribution in [1.29, 1.82) is 0 Å². The molecule has 1 aromatic carbocycles. The topological polar surface area (TPSA) is 93.5 Å². The van der Waals surface area contributed by atoms with Gasteiger partial charge in [0.2, 0.25) is 5.91 Å². The van der Waals surface area contributed by atoms with Crippen molar-refractivity contribution >= 4 is 28.9 Å². The molecule has 21 heavy (non-hydrogen) atoms. The van der Waals surface area contributed by atoms with Crippen molar-refractivity contribution in [1.82, 2.24) is 0 Å². The average Bonchev–Trinajstić information content (AvgIpc) is 2.88. The number of carbonyl (C=O) groups excluding carboxylic acids is 2. The van der Waals surface area contributed by atoms with Crippen LogP contribution >= 0.6 is 0 Å². The Morgan fingerprint density at radius 3 is 2.81 bits per heavy atom. The summed E-state index contributed by atoms with van der Waals surface area (Å²) in [4.78, 5) is 23.8. The third-order valence-electron chi connectivity index (χ3n) is 4.29. The summed E-state index contributed by atoms with van der Waals surface area (Å²) in [6.45, 7) is 1.96. The molecular formula is C15H19N3O3. The van der Waals surface area contributed by atoms with Crippen LogP contribution in [0.3, 0.4) is 0 Å². The summed E-state index contributed by atoms with van der Waals surface area (Å²) < 4.78 is 5.29. The zero-order chi connectivity index (χ0) is 15.0. The van der Waals surface area contributed by atoms with Crippen LogP contribution in [0.4, 0.5) is 17.1 Å². The van der Waals surface area contributed by atoms with Crippen molar-refractivity contribution in [2.75, 3.05) is 23.0 Å². The molecule has 6 heteroatoms. The fraction of sp³-hybridized carbons (Fsp3) is 0.467. The zero-order valence-corrected chi connectivity index (χ0v) is 12.0.